The molecule has 2 atom stereocenters. The molecule has 0 amide bonds. The van der Waals surface area contributed by atoms with Gasteiger partial charge in [0.1, 0.15) is 0 Å². The Labute approximate surface area is 206 Å². The summed E-state index contributed by atoms with van der Waals surface area (Å²) in [6.45, 7) is 0.217. The Balaban J connectivity index is 1.36. The number of benzene rings is 3. The van der Waals surface area contributed by atoms with Crippen LogP contribution < -0.4 is 14.8 Å². The van der Waals surface area contributed by atoms with E-state index in [1.54, 1.807) is 24.3 Å². The van der Waals surface area contributed by atoms with Crippen LogP contribution in [0.25, 0.3) is 17.0 Å². The Morgan fingerprint density at radius 1 is 0.971 bits per heavy atom. The predicted octanol–water partition coefficient (Wildman–Crippen LogP) is 6.09. The Kier molecular flexibility index (Phi) is 5.33. The number of carbonyl (C=O) groups is 1. The van der Waals surface area contributed by atoms with Crippen molar-refractivity contribution in [3.8, 4) is 11.5 Å². The molecule has 0 saturated carbocycles. The predicted molar refractivity (Wildman–Crippen MR) is 134 cm³/mol. The molecule has 0 fully saturated rings. The third-order valence-corrected chi connectivity index (χ3v) is 7.11. The monoisotopic (exact) mass is 490 g/mol. The number of hydrogen-bond donors (Lipinski definition) is 2. The first-order chi connectivity index (χ1) is 16.6. The quantitative estimate of drug-likeness (QED) is 0.339. The van der Waals surface area contributed by atoms with E-state index < -0.39 is 0 Å². The first-order valence-corrected chi connectivity index (χ1v) is 11.7. The second-order valence-corrected chi connectivity index (χ2v) is 9.26. The third-order valence-electron chi connectivity index (χ3n) is 6.37. The van der Waals surface area contributed by atoms with Crippen LogP contribution in [0.4, 0.5) is 0 Å². The zero-order valence-corrected chi connectivity index (χ0v) is 19.5. The number of nitrogens with one attached hydrogen (secondary N) is 2. The van der Waals surface area contributed by atoms with Gasteiger partial charge < -0.3 is 14.5 Å². The molecule has 2 aliphatic heterocycles. The summed E-state index contributed by atoms with van der Waals surface area (Å²) < 4.78 is 11.1. The van der Waals surface area contributed by atoms with Crippen molar-refractivity contribution in [2.45, 2.75) is 18.5 Å². The number of ketones is 1. The number of halogens is 2. The van der Waals surface area contributed by atoms with Gasteiger partial charge in [-0.15, -0.1) is 0 Å². The lowest BCUT2D eigenvalue weighted by molar-refractivity contribution is -0.116. The maximum Gasteiger partial charge on any atom is 0.231 e. The highest BCUT2D eigenvalue weighted by Gasteiger charge is 2.33. The normalized spacial score (nSPS) is 19.0. The van der Waals surface area contributed by atoms with E-state index in [1.807, 2.05) is 36.4 Å². The smallest absolute Gasteiger partial charge is 0.231 e. The van der Waals surface area contributed by atoms with E-state index >= 15 is 0 Å². The van der Waals surface area contributed by atoms with Crippen molar-refractivity contribution in [3.05, 3.63) is 99.2 Å². The highest BCUT2D eigenvalue weighted by molar-refractivity contribution is 6.42. The molecular formula is C27H20Cl2N2O3. The van der Waals surface area contributed by atoms with Gasteiger partial charge >= 0.3 is 0 Å². The first kappa shape index (κ1) is 21.3. The van der Waals surface area contributed by atoms with Crippen molar-refractivity contribution < 1.29 is 14.3 Å². The van der Waals surface area contributed by atoms with Gasteiger partial charge in [-0.1, -0.05) is 59.6 Å². The minimum atomic E-state index is -0.388. The minimum absolute atomic E-state index is 0.00672. The summed E-state index contributed by atoms with van der Waals surface area (Å²) in [5.41, 5.74) is 5.09. The molecule has 170 valence electrons. The fourth-order valence-corrected chi connectivity index (χ4v) is 4.99. The molecule has 7 heteroatoms. The number of fused-ring (bicyclic) bond motifs is 4. The van der Waals surface area contributed by atoms with Crippen LogP contribution in [0.5, 0.6) is 11.5 Å². The first-order valence-electron chi connectivity index (χ1n) is 11.0. The molecule has 0 saturated heterocycles. The van der Waals surface area contributed by atoms with E-state index in [1.165, 1.54) is 0 Å². The molecule has 3 aromatic carbocycles. The standard InChI is InChI=1S/C27H20Cl2N2O3/c28-19-8-5-15(11-20(19)29)6-9-23(32)22-13-18-17-3-1-2-4-21(17)30-27(18)26(31-22)16-7-10-24-25(12-16)34-14-33-24/h1-12,22,26,30-31H,13-14H2. The molecule has 2 N–H and O–H groups in total. The Morgan fingerprint density at radius 3 is 2.71 bits per heavy atom. The van der Waals surface area contributed by atoms with Crippen molar-refractivity contribution >= 4 is 46.0 Å². The van der Waals surface area contributed by atoms with Crippen LogP contribution in [0.3, 0.4) is 0 Å². The van der Waals surface area contributed by atoms with Crippen LogP contribution in [0.15, 0.2) is 66.7 Å². The number of H-pyrrole nitrogens is 1. The zero-order chi connectivity index (χ0) is 23.2. The summed E-state index contributed by atoms with van der Waals surface area (Å²) >= 11 is 12.1. The summed E-state index contributed by atoms with van der Waals surface area (Å²) in [6, 6.07) is 18.8. The lowest BCUT2D eigenvalue weighted by Gasteiger charge is -2.30. The van der Waals surface area contributed by atoms with Gasteiger partial charge in [0.15, 0.2) is 17.3 Å². The van der Waals surface area contributed by atoms with Crippen molar-refractivity contribution in [1.29, 1.82) is 0 Å². The molecule has 2 aliphatic rings. The van der Waals surface area contributed by atoms with Gasteiger partial charge in [0, 0.05) is 16.6 Å². The molecule has 0 bridgehead atoms. The van der Waals surface area contributed by atoms with E-state index in [9.17, 15) is 4.79 Å². The fourth-order valence-electron chi connectivity index (χ4n) is 4.68. The van der Waals surface area contributed by atoms with Gasteiger partial charge in [0.05, 0.1) is 22.1 Å². The summed E-state index contributed by atoms with van der Waals surface area (Å²) in [6.07, 6.45) is 3.96. The van der Waals surface area contributed by atoms with Gasteiger partial charge in [0.2, 0.25) is 6.79 Å². The Bertz CT molecular complexity index is 1460. The summed E-state index contributed by atoms with van der Waals surface area (Å²) in [5, 5.41) is 5.63. The van der Waals surface area contributed by atoms with Gasteiger partial charge in [-0.05, 0) is 59.5 Å². The molecule has 4 aromatic rings. The molecular weight excluding hydrogens is 471 g/mol. The zero-order valence-electron chi connectivity index (χ0n) is 18.0. The number of carbonyl (C=O) groups excluding carboxylic acids is 1. The van der Waals surface area contributed by atoms with E-state index in [4.69, 9.17) is 32.7 Å². The number of para-hydroxylation sites is 1. The lowest BCUT2D eigenvalue weighted by Crippen LogP contribution is -2.44. The second kappa shape index (κ2) is 8.51. The topological polar surface area (TPSA) is 63.4 Å². The van der Waals surface area contributed by atoms with Crippen molar-refractivity contribution in [2.75, 3.05) is 6.79 Å². The van der Waals surface area contributed by atoms with Gasteiger partial charge in [-0.3, -0.25) is 10.1 Å². The van der Waals surface area contributed by atoms with Crippen LogP contribution in [0, 0.1) is 0 Å². The lowest BCUT2D eigenvalue weighted by atomic mass is 9.88. The third kappa shape index (κ3) is 3.76. The maximum atomic E-state index is 13.3. The molecule has 34 heavy (non-hydrogen) atoms. The number of hydrogen-bond acceptors (Lipinski definition) is 4. The minimum Gasteiger partial charge on any atom is -0.454 e. The number of ether oxygens (including phenoxy) is 2. The molecule has 1 aromatic heterocycles. The highest BCUT2D eigenvalue weighted by Crippen LogP contribution is 2.39. The van der Waals surface area contributed by atoms with Gasteiger partial charge in [-0.2, -0.15) is 0 Å². The number of aromatic nitrogens is 1. The molecule has 3 heterocycles. The fraction of sp³-hybridized carbons (Fsp3) is 0.148. The summed E-state index contributed by atoms with van der Waals surface area (Å²) in [7, 11) is 0. The van der Waals surface area contributed by atoms with Crippen molar-refractivity contribution in [1.82, 2.24) is 10.3 Å². The Hall–Kier alpha value is -3.25. The van der Waals surface area contributed by atoms with Crippen LogP contribution in [0.2, 0.25) is 10.0 Å². The van der Waals surface area contributed by atoms with E-state index in [0.717, 1.165) is 39.0 Å². The van der Waals surface area contributed by atoms with E-state index in [0.29, 0.717) is 22.2 Å². The van der Waals surface area contributed by atoms with Crippen LogP contribution in [0.1, 0.15) is 28.4 Å². The molecule has 0 radical (unpaired) electrons. The summed E-state index contributed by atoms with van der Waals surface area (Å²) in [4.78, 5) is 16.9. The average molecular weight is 491 g/mol. The Morgan fingerprint density at radius 2 is 1.82 bits per heavy atom. The molecule has 2 unspecified atom stereocenters. The molecule has 0 aliphatic carbocycles. The van der Waals surface area contributed by atoms with E-state index in [2.05, 4.69) is 22.4 Å². The van der Waals surface area contributed by atoms with Crippen LogP contribution in [-0.2, 0) is 11.2 Å². The second-order valence-electron chi connectivity index (χ2n) is 8.44. The van der Waals surface area contributed by atoms with Crippen molar-refractivity contribution in [2.24, 2.45) is 0 Å². The number of aromatic amines is 1. The van der Waals surface area contributed by atoms with Gasteiger partial charge in [0.25, 0.3) is 0 Å². The van der Waals surface area contributed by atoms with E-state index in [-0.39, 0.29) is 24.7 Å². The summed E-state index contributed by atoms with van der Waals surface area (Å²) in [5.74, 6) is 1.44. The van der Waals surface area contributed by atoms with Gasteiger partial charge in [-0.25, -0.2) is 0 Å². The molecule has 5 nitrogen and oxygen atoms in total. The maximum absolute atomic E-state index is 13.3. The molecule has 0 spiro atoms. The number of rotatable bonds is 4. The van der Waals surface area contributed by atoms with Crippen molar-refractivity contribution in [3.63, 3.8) is 0 Å². The SMILES string of the molecule is O=C(C=Cc1ccc(Cl)c(Cl)c1)C1Cc2c([nH]c3ccccc23)C(c2ccc3c(c2)OCO3)N1. The highest BCUT2D eigenvalue weighted by atomic mass is 35.5. The van der Waals surface area contributed by atoms with Crippen LogP contribution >= 0.6 is 23.2 Å². The largest absolute Gasteiger partial charge is 0.454 e. The van der Waals surface area contributed by atoms with Crippen LogP contribution in [-0.4, -0.2) is 23.6 Å². The molecule has 6 rings (SSSR count). The average Bonchev–Trinajstić information content (AvgIpc) is 3.48.